The summed E-state index contributed by atoms with van der Waals surface area (Å²) >= 11 is 5.83. The van der Waals surface area contributed by atoms with Crippen molar-refractivity contribution in [3.8, 4) is 0 Å². The normalized spacial score (nSPS) is 11.8. The molecule has 0 aliphatic carbocycles. The molecule has 0 fully saturated rings. The molecule has 0 aliphatic rings. The lowest BCUT2D eigenvalue weighted by atomic mass is 9.92. The van der Waals surface area contributed by atoms with Gasteiger partial charge in [0.2, 0.25) is 5.91 Å². The number of nitrogens with one attached hydrogen (secondary N) is 1. The van der Waals surface area contributed by atoms with Crippen LogP contribution in [0.2, 0.25) is 5.02 Å². The Kier molecular flexibility index (Phi) is 5.22. The van der Waals surface area contributed by atoms with Crippen molar-refractivity contribution in [3.63, 3.8) is 0 Å². The molecule has 0 saturated carbocycles. The molecule has 1 amide bonds. The summed E-state index contributed by atoms with van der Waals surface area (Å²) in [4.78, 5) is 16.4. The third kappa shape index (κ3) is 4.12. The van der Waals surface area contributed by atoms with E-state index in [2.05, 4.69) is 10.3 Å². The van der Waals surface area contributed by atoms with Gasteiger partial charge in [0.1, 0.15) is 12.1 Å². The number of halogens is 2. The predicted octanol–water partition coefficient (Wildman–Crippen LogP) is 3.65. The number of aryl methyl sites for hydroxylation is 1. The fourth-order valence-corrected chi connectivity index (χ4v) is 3.07. The Morgan fingerprint density at radius 1 is 1.33 bits per heavy atom. The number of carbonyl (C=O) groups is 1. The summed E-state index contributed by atoms with van der Waals surface area (Å²) in [6, 6.07) is 9.04. The molecule has 27 heavy (non-hydrogen) atoms. The first-order valence-electron chi connectivity index (χ1n) is 8.61. The Hall–Kier alpha value is -2.44. The molecule has 142 valence electrons. The van der Waals surface area contributed by atoms with Crippen molar-refractivity contribution in [3.05, 3.63) is 64.2 Å². The van der Waals surface area contributed by atoms with E-state index in [1.54, 1.807) is 6.07 Å². The minimum atomic E-state index is -0.574. The van der Waals surface area contributed by atoms with E-state index in [0.29, 0.717) is 12.1 Å². The van der Waals surface area contributed by atoms with Crippen LogP contribution in [-0.2, 0) is 23.4 Å². The third-order valence-corrected chi connectivity index (χ3v) is 4.84. The quantitative estimate of drug-likeness (QED) is 0.700. The zero-order valence-electron chi connectivity index (χ0n) is 15.5. The third-order valence-electron chi connectivity index (χ3n) is 4.55. The van der Waals surface area contributed by atoms with Crippen molar-refractivity contribution in [1.82, 2.24) is 14.9 Å². The molecule has 0 bridgehead atoms. The Morgan fingerprint density at radius 3 is 2.74 bits per heavy atom. The van der Waals surface area contributed by atoms with Crippen LogP contribution in [0.3, 0.4) is 0 Å². The van der Waals surface area contributed by atoms with Crippen LogP contribution < -0.4 is 11.1 Å². The molecular weight excluding hydrogens is 367 g/mol. The Labute approximate surface area is 162 Å². The highest BCUT2D eigenvalue weighted by atomic mass is 35.5. The highest BCUT2D eigenvalue weighted by molar-refractivity contribution is 6.31. The number of nitrogens with zero attached hydrogens (tertiary/aromatic N) is 2. The molecule has 2 aromatic carbocycles. The molecule has 3 aromatic rings. The van der Waals surface area contributed by atoms with Gasteiger partial charge in [-0.15, -0.1) is 0 Å². The van der Waals surface area contributed by atoms with Crippen LogP contribution in [0.25, 0.3) is 11.0 Å². The van der Waals surface area contributed by atoms with Gasteiger partial charge in [-0.3, -0.25) is 4.79 Å². The number of nitrogens with two attached hydrogens (primary N) is 1. The van der Waals surface area contributed by atoms with E-state index in [4.69, 9.17) is 17.3 Å². The van der Waals surface area contributed by atoms with Crippen LogP contribution in [-0.4, -0.2) is 15.5 Å². The Bertz CT molecular complexity index is 1010. The number of imidazole rings is 1. The van der Waals surface area contributed by atoms with Gasteiger partial charge in [-0.2, -0.15) is 0 Å². The van der Waals surface area contributed by atoms with Crippen LogP contribution in [0, 0.1) is 12.7 Å². The van der Waals surface area contributed by atoms with Crippen molar-refractivity contribution >= 4 is 28.5 Å². The van der Waals surface area contributed by atoms with Crippen molar-refractivity contribution in [1.29, 1.82) is 0 Å². The monoisotopic (exact) mass is 388 g/mol. The fourth-order valence-electron chi connectivity index (χ4n) is 2.92. The standard InChI is InChI=1S/C20H22ClFN4O/c1-12-8-14(20(2,3)23)5-4-13(12)9-24-17(27)10-26-11-25-16-7-6-15(21)18(22)19(16)26/h4-8,11H,9-10,23H2,1-3H3,(H,24,27). The predicted molar refractivity (Wildman–Crippen MR) is 105 cm³/mol. The van der Waals surface area contributed by atoms with Gasteiger partial charge in [0.05, 0.1) is 16.9 Å². The maximum absolute atomic E-state index is 14.2. The van der Waals surface area contributed by atoms with E-state index in [1.807, 2.05) is 39.0 Å². The van der Waals surface area contributed by atoms with E-state index in [9.17, 15) is 9.18 Å². The number of hydrogen-bond donors (Lipinski definition) is 2. The SMILES string of the molecule is Cc1cc(C(C)(C)N)ccc1CNC(=O)Cn1cnc2ccc(Cl)c(F)c21. The molecule has 0 atom stereocenters. The first kappa shape index (κ1) is 19.3. The van der Waals surface area contributed by atoms with Gasteiger partial charge in [0.25, 0.3) is 0 Å². The summed E-state index contributed by atoms with van der Waals surface area (Å²) in [7, 11) is 0. The van der Waals surface area contributed by atoms with Crippen LogP contribution in [0.1, 0.15) is 30.5 Å². The second-order valence-corrected chi connectivity index (χ2v) is 7.65. The molecular formula is C20H22ClFN4O. The minimum Gasteiger partial charge on any atom is -0.350 e. The summed E-state index contributed by atoms with van der Waals surface area (Å²) in [5.74, 6) is -0.813. The second-order valence-electron chi connectivity index (χ2n) is 7.24. The number of hydrogen-bond acceptors (Lipinski definition) is 3. The Morgan fingerprint density at radius 2 is 2.07 bits per heavy atom. The highest BCUT2D eigenvalue weighted by Crippen LogP contribution is 2.24. The first-order valence-corrected chi connectivity index (χ1v) is 8.99. The molecule has 0 saturated heterocycles. The first-order chi connectivity index (χ1) is 12.7. The van der Waals surface area contributed by atoms with Gasteiger partial charge in [0.15, 0.2) is 5.82 Å². The zero-order valence-corrected chi connectivity index (χ0v) is 16.3. The van der Waals surface area contributed by atoms with Crippen LogP contribution in [0.5, 0.6) is 0 Å². The zero-order chi connectivity index (χ0) is 19.8. The maximum Gasteiger partial charge on any atom is 0.240 e. The molecule has 3 N–H and O–H groups in total. The molecule has 0 unspecified atom stereocenters. The molecule has 3 rings (SSSR count). The summed E-state index contributed by atoms with van der Waals surface area (Å²) in [5, 5.41) is 2.86. The maximum atomic E-state index is 14.2. The number of amides is 1. The lowest BCUT2D eigenvalue weighted by molar-refractivity contribution is -0.121. The Balaban J connectivity index is 1.70. The largest absolute Gasteiger partial charge is 0.350 e. The van der Waals surface area contributed by atoms with Crippen molar-refractivity contribution in [2.75, 3.05) is 0 Å². The van der Waals surface area contributed by atoms with Crippen molar-refractivity contribution in [2.24, 2.45) is 5.73 Å². The average molecular weight is 389 g/mol. The van der Waals surface area contributed by atoms with Crippen molar-refractivity contribution in [2.45, 2.75) is 39.4 Å². The van der Waals surface area contributed by atoms with Gasteiger partial charge in [-0.1, -0.05) is 29.8 Å². The van der Waals surface area contributed by atoms with Gasteiger partial charge >= 0.3 is 0 Å². The summed E-state index contributed by atoms with van der Waals surface area (Å²) in [5.41, 5.74) is 9.48. The number of aromatic nitrogens is 2. The topological polar surface area (TPSA) is 72.9 Å². The van der Waals surface area contributed by atoms with E-state index in [1.165, 1.54) is 17.0 Å². The molecule has 0 radical (unpaired) electrons. The van der Waals surface area contributed by atoms with Gasteiger partial charge in [-0.05, 0) is 49.6 Å². The molecule has 7 heteroatoms. The van der Waals surface area contributed by atoms with Crippen molar-refractivity contribution < 1.29 is 9.18 Å². The molecule has 0 aliphatic heterocycles. The van der Waals surface area contributed by atoms with Gasteiger partial charge < -0.3 is 15.6 Å². The van der Waals surface area contributed by atoms with Crippen LogP contribution >= 0.6 is 11.6 Å². The van der Waals surface area contributed by atoms with Crippen LogP contribution in [0.4, 0.5) is 4.39 Å². The lowest BCUT2D eigenvalue weighted by Crippen LogP contribution is -2.29. The molecule has 1 aromatic heterocycles. The highest BCUT2D eigenvalue weighted by Gasteiger charge is 2.16. The van der Waals surface area contributed by atoms with E-state index in [0.717, 1.165) is 16.7 Å². The smallest absolute Gasteiger partial charge is 0.240 e. The molecule has 1 heterocycles. The van der Waals surface area contributed by atoms with E-state index < -0.39 is 11.4 Å². The lowest BCUT2D eigenvalue weighted by Gasteiger charge is -2.20. The van der Waals surface area contributed by atoms with Crippen LogP contribution in [0.15, 0.2) is 36.7 Å². The number of rotatable bonds is 5. The fraction of sp³-hybridized carbons (Fsp3) is 0.300. The van der Waals surface area contributed by atoms with E-state index in [-0.39, 0.29) is 23.0 Å². The number of benzene rings is 2. The van der Waals surface area contributed by atoms with Gasteiger partial charge in [-0.25, -0.2) is 9.37 Å². The van der Waals surface area contributed by atoms with E-state index >= 15 is 0 Å². The molecule has 5 nitrogen and oxygen atoms in total. The minimum absolute atomic E-state index is 0.00296. The summed E-state index contributed by atoms with van der Waals surface area (Å²) in [6.45, 7) is 6.22. The average Bonchev–Trinajstić information content (AvgIpc) is 2.99. The molecule has 0 spiro atoms. The van der Waals surface area contributed by atoms with Gasteiger partial charge in [0, 0.05) is 12.1 Å². The number of carbonyl (C=O) groups excluding carboxylic acids is 1. The summed E-state index contributed by atoms with van der Waals surface area (Å²) < 4.78 is 15.7. The number of fused-ring (bicyclic) bond motifs is 1. The summed E-state index contributed by atoms with van der Waals surface area (Å²) in [6.07, 6.45) is 1.44. The second kappa shape index (κ2) is 7.29.